The Balaban J connectivity index is 4.08. The molecular weight excluding hydrogens is 144 g/mol. The Morgan fingerprint density at radius 1 is 1.36 bits per heavy atom. The first-order valence-corrected chi connectivity index (χ1v) is 3.44. The predicted molar refractivity (Wildman–Crippen MR) is 41.2 cm³/mol. The van der Waals surface area contributed by atoms with E-state index in [-0.39, 0.29) is 5.92 Å². The lowest BCUT2D eigenvalue weighted by Crippen LogP contribution is -2.11. The van der Waals surface area contributed by atoms with Crippen LogP contribution in [0.25, 0.3) is 0 Å². The molecule has 1 unspecified atom stereocenters. The van der Waals surface area contributed by atoms with E-state index in [1.807, 2.05) is 13.8 Å². The molecule has 0 spiro atoms. The smallest absolute Gasteiger partial charge is 0.317 e. The highest BCUT2D eigenvalue weighted by molar-refractivity contribution is 5.88. The summed E-state index contributed by atoms with van der Waals surface area (Å²) in [5.41, 5.74) is 0. The van der Waals surface area contributed by atoms with Crippen LogP contribution in [0.4, 0.5) is 0 Å². The first-order chi connectivity index (χ1) is 5.07. The average molecular weight is 156 g/mol. The van der Waals surface area contributed by atoms with E-state index < -0.39 is 11.9 Å². The van der Waals surface area contributed by atoms with Crippen molar-refractivity contribution in [1.29, 1.82) is 0 Å². The number of carbonyl (C=O) groups excluding carboxylic acids is 1. The van der Waals surface area contributed by atoms with Gasteiger partial charge in [-0.15, -0.1) is 0 Å². The van der Waals surface area contributed by atoms with Crippen molar-refractivity contribution in [2.45, 2.75) is 13.8 Å². The highest BCUT2D eigenvalue weighted by atomic mass is 16.4. The number of hydrogen-bond acceptors (Lipinski definition) is 2. The summed E-state index contributed by atoms with van der Waals surface area (Å²) >= 11 is 0. The molecule has 1 N–H and O–H groups in total. The molecule has 0 radical (unpaired) electrons. The lowest BCUT2D eigenvalue weighted by Gasteiger charge is -1.97. The number of aliphatic carboxylic acids is 1. The Bertz CT molecular complexity index is 170. The maximum absolute atomic E-state index is 10.3. The number of aldehydes is 1. The third kappa shape index (κ3) is 4.31. The number of allylic oxidation sites excluding steroid dienone is 1. The van der Waals surface area contributed by atoms with Crippen LogP contribution in [-0.4, -0.2) is 17.4 Å². The minimum atomic E-state index is -1.10. The van der Waals surface area contributed by atoms with E-state index in [1.54, 1.807) is 6.08 Å². The SMILES string of the molecule is CC(C)C=CC(C=O)C(=O)O. The molecule has 0 heterocycles. The Kier molecular flexibility index (Phi) is 4.18. The van der Waals surface area contributed by atoms with Crippen LogP contribution in [0.1, 0.15) is 13.8 Å². The van der Waals surface area contributed by atoms with Gasteiger partial charge >= 0.3 is 5.97 Å². The quantitative estimate of drug-likeness (QED) is 0.376. The lowest BCUT2D eigenvalue weighted by atomic mass is 10.1. The Labute approximate surface area is 65.7 Å². The maximum atomic E-state index is 10.3. The number of carboxylic acids is 1. The highest BCUT2D eigenvalue weighted by Gasteiger charge is 2.11. The largest absolute Gasteiger partial charge is 0.480 e. The van der Waals surface area contributed by atoms with Crippen molar-refractivity contribution in [1.82, 2.24) is 0 Å². The summed E-state index contributed by atoms with van der Waals surface area (Å²) in [6.07, 6.45) is 3.52. The Morgan fingerprint density at radius 3 is 2.18 bits per heavy atom. The topological polar surface area (TPSA) is 54.4 Å². The fourth-order valence-electron chi connectivity index (χ4n) is 0.528. The van der Waals surface area contributed by atoms with Gasteiger partial charge in [0, 0.05) is 0 Å². The van der Waals surface area contributed by atoms with Crippen molar-refractivity contribution in [3.05, 3.63) is 12.2 Å². The normalized spacial score (nSPS) is 13.7. The average Bonchev–Trinajstić information content (AvgIpc) is 1.87. The number of carboxylic acid groups (broad SMARTS) is 1. The van der Waals surface area contributed by atoms with E-state index in [9.17, 15) is 9.59 Å². The molecule has 0 saturated carbocycles. The van der Waals surface area contributed by atoms with Crippen molar-refractivity contribution >= 4 is 12.3 Å². The van der Waals surface area contributed by atoms with Crippen molar-refractivity contribution < 1.29 is 14.7 Å². The van der Waals surface area contributed by atoms with Crippen molar-refractivity contribution in [3.8, 4) is 0 Å². The second-order valence-electron chi connectivity index (χ2n) is 2.63. The van der Waals surface area contributed by atoms with Crippen LogP contribution < -0.4 is 0 Å². The zero-order valence-electron chi connectivity index (χ0n) is 6.65. The summed E-state index contributed by atoms with van der Waals surface area (Å²) in [5, 5.41) is 8.40. The van der Waals surface area contributed by atoms with Gasteiger partial charge < -0.3 is 9.90 Å². The van der Waals surface area contributed by atoms with Gasteiger partial charge in [-0.3, -0.25) is 4.79 Å². The highest BCUT2D eigenvalue weighted by Crippen LogP contribution is 2.00. The fraction of sp³-hybridized carbons (Fsp3) is 0.500. The molecule has 0 bridgehead atoms. The summed E-state index contributed by atoms with van der Waals surface area (Å²) < 4.78 is 0. The summed E-state index contributed by atoms with van der Waals surface area (Å²) in [6.45, 7) is 3.83. The lowest BCUT2D eigenvalue weighted by molar-refractivity contribution is -0.141. The molecule has 3 heteroatoms. The molecule has 0 aliphatic rings. The van der Waals surface area contributed by atoms with Gasteiger partial charge in [0.1, 0.15) is 12.2 Å². The molecule has 1 atom stereocenters. The van der Waals surface area contributed by atoms with Gasteiger partial charge in [-0.2, -0.15) is 0 Å². The van der Waals surface area contributed by atoms with Crippen LogP contribution in [0.2, 0.25) is 0 Å². The third-order valence-corrected chi connectivity index (χ3v) is 1.14. The first-order valence-electron chi connectivity index (χ1n) is 3.44. The molecule has 0 rings (SSSR count). The summed E-state index contributed by atoms with van der Waals surface area (Å²) in [6, 6.07) is 0. The first kappa shape index (κ1) is 9.88. The van der Waals surface area contributed by atoms with Gasteiger partial charge in [0.2, 0.25) is 0 Å². The number of rotatable bonds is 4. The second kappa shape index (κ2) is 4.66. The zero-order valence-corrected chi connectivity index (χ0v) is 6.65. The molecule has 0 aromatic heterocycles. The molecule has 0 aromatic rings. The van der Waals surface area contributed by atoms with Gasteiger partial charge in [0.05, 0.1) is 0 Å². The molecular formula is C8H12O3. The standard InChI is InChI=1S/C8H12O3/c1-6(2)3-4-7(5-9)8(10)11/h3-7H,1-2H3,(H,10,11). The van der Waals surface area contributed by atoms with Crippen molar-refractivity contribution in [2.75, 3.05) is 0 Å². The van der Waals surface area contributed by atoms with E-state index in [0.717, 1.165) is 0 Å². The molecule has 62 valence electrons. The minimum Gasteiger partial charge on any atom is -0.480 e. The second-order valence-corrected chi connectivity index (χ2v) is 2.63. The zero-order chi connectivity index (χ0) is 8.85. The van der Waals surface area contributed by atoms with Gasteiger partial charge in [-0.25, -0.2) is 0 Å². The molecule has 0 amide bonds. The van der Waals surface area contributed by atoms with Gasteiger partial charge in [0.15, 0.2) is 0 Å². The predicted octanol–water partition coefficient (Wildman–Crippen LogP) is 1.10. The monoisotopic (exact) mass is 156 g/mol. The maximum Gasteiger partial charge on any atom is 0.317 e. The summed E-state index contributed by atoms with van der Waals surface area (Å²) in [4.78, 5) is 20.4. The van der Waals surface area contributed by atoms with Crippen LogP contribution in [0.5, 0.6) is 0 Å². The molecule has 3 nitrogen and oxygen atoms in total. The van der Waals surface area contributed by atoms with Crippen LogP contribution in [0.3, 0.4) is 0 Å². The number of carbonyl (C=O) groups is 2. The fourth-order valence-corrected chi connectivity index (χ4v) is 0.528. The van der Waals surface area contributed by atoms with E-state index >= 15 is 0 Å². The van der Waals surface area contributed by atoms with Crippen molar-refractivity contribution in [2.24, 2.45) is 11.8 Å². The molecule has 0 fully saturated rings. The molecule has 0 saturated heterocycles. The third-order valence-electron chi connectivity index (χ3n) is 1.14. The van der Waals surface area contributed by atoms with Crippen LogP contribution in [-0.2, 0) is 9.59 Å². The summed E-state index contributed by atoms with van der Waals surface area (Å²) in [5.74, 6) is -1.81. The van der Waals surface area contributed by atoms with E-state index in [2.05, 4.69) is 0 Å². The Morgan fingerprint density at radius 2 is 1.91 bits per heavy atom. The van der Waals surface area contributed by atoms with Crippen LogP contribution >= 0.6 is 0 Å². The Hall–Kier alpha value is -1.12. The number of hydrogen-bond donors (Lipinski definition) is 1. The molecule has 0 aliphatic heterocycles. The van der Waals surface area contributed by atoms with Crippen LogP contribution in [0, 0.1) is 11.8 Å². The van der Waals surface area contributed by atoms with Crippen molar-refractivity contribution in [3.63, 3.8) is 0 Å². The van der Waals surface area contributed by atoms with E-state index in [4.69, 9.17) is 5.11 Å². The van der Waals surface area contributed by atoms with Gasteiger partial charge in [0.25, 0.3) is 0 Å². The molecule has 0 aromatic carbocycles. The van der Waals surface area contributed by atoms with Gasteiger partial charge in [-0.05, 0) is 5.92 Å². The van der Waals surface area contributed by atoms with Gasteiger partial charge in [-0.1, -0.05) is 26.0 Å². The minimum absolute atomic E-state index is 0.275. The molecule has 11 heavy (non-hydrogen) atoms. The summed E-state index contributed by atoms with van der Waals surface area (Å²) in [7, 11) is 0. The van der Waals surface area contributed by atoms with Crippen LogP contribution in [0.15, 0.2) is 12.2 Å². The molecule has 0 aliphatic carbocycles. The van der Waals surface area contributed by atoms with E-state index in [0.29, 0.717) is 6.29 Å². The van der Waals surface area contributed by atoms with E-state index in [1.165, 1.54) is 6.08 Å².